The van der Waals surface area contributed by atoms with Gasteiger partial charge in [0.1, 0.15) is 0 Å². The number of piperazine rings is 1. The molecule has 0 radical (unpaired) electrons. The quantitative estimate of drug-likeness (QED) is 0.817. The molecule has 17 heavy (non-hydrogen) atoms. The predicted octanol–water partition coefficient (Wildman–Crippen LogP) is 2.59. The van der Waals surface area contributed by atoms with Gasteiger partial charge >= 0.3 is 0 Å². The molecule has 0 aromatic rings. The molecule has 3 heteroatoms. The maximum absolute atomic E-state index is 3.77. The smallest absolute Gasteiger partial charge is 0.0244 e. The molecule has 2 aliphatic rings. The van der Waals surface area contributed by atoms with Crippen LogP contribution in [-0.4, -0.2) is 47.6 Å². The van der Waals surface area contributed by atoms with Crippen LogP contribution in [0.5, 0.6) is 0 Å². The van der Waals surface area contributed by atoms with Crippen LogP contribution in [0.4, 0.5) is 0 Å². The summed E-state index contributed by atoms with van der Waals surface area (Å²) in [4.78, 5) is 2.81. The van der Waals surface area contributed by atoms with Gasteiger partial charge in [0.25, 0.3) is 0 Å². The minimum absolute atomic E-state index is 0.378. The van der Waals surface area contributed by atoms with E-state index in [0.29, 0.717) is 11.5 Å². The second-order valence-corrected chi connectivity index (χ2v) is 7.75. The molecule has 0 aliphatic carbocycles. The Morgan fingerprint density at radius 3 is 2.65 bits per heavy atom. The zero-order valence-corrected chi connectivity index (χ0v) is 12.6. The molecule has 3 atom stereocenters. The number of rotatable bonds is 2. The molecule has 3 unspecified atom stereocenters. The van der Waals surface area contributed by atoms with Crippen LogP contribution >= 0.6 is 11.8 Å². The molecular weight excluding hydrogens is 228 g/mol. The summed E-state index contributed by atoms with van der Waals surface area (Å²) < 4.78 is 0. The summed E-state index contributed by atoms with van der Waals surface area (Å²) in [5, 5.41) is 3.77. The maximum Gasteiger partial charge on any atom is 0.0244 e. The third kappa shape index (κ3) is 3.18. The van der Waals surface area contributed by atoms with E-state index >= 15 is 0 Å². The highest BCUT2D eigenvalue weighted by Crippen LogP contribution is 2.30. The molecule has 0 amide bonds. The van der Waals surface area contributed by atoms with E-state index in [9.17, 15) is 0 Å². The van der Waals surface area contributed by atoms with Crippen LogP contribution in [0.2, 0.25) is 0 Å². The lowest BCUT2D eigenvalue weighted by Crippen LogP contribution is -2.62. The fourth-order valence-electron chi connectivity index (χ4n) is 3.01. The third-order valence-electron chi connectivity index (χ3n) is 4.35. The average Bonchev–Trinajstić information content (AvgIpc) is 2.80. The third-order valence-corrected chi connectivity index (χ3v) is 5.50. The molecule has 2 fully saturated rings. The minimum atomic E-state index is 0.378. The average molecular weight is 256 g/mol. The highest BCUT2D eigenvalue weighted by Gasteiger charge is 2.37. The zero-order valence-electron chi connectivity index (χ0n) is 11.8. The summed E-state index contributed by atoms with van der Waals surface area (Å²) >= 11 is 2.14. The SMILES string of the molecule is CCC1CNC(C(C)(C)C)CN1C1CCSC1. The Hall–Kier alpha value is 0.270. The van der Waals surface area contributed by atoms with Gasteiger partial charge in [0.2, 0.25) is 0 Å². The van der Waals surface area contributed by atoms with E-state index in [1.54, 1.807) is 0 Å². The Kier molecular flexibility index (Phi) is 4.43. The highest BCUT2D eigenvalue weighted by atomic mass is 32.2. The number of nitrogens with zero attached hydrogens (tertiary/aromatic N) is 1. The van der Waals surface area contributed by atoms with Crippen molar-refractivity contribution in [1.29, 1.82) is 0 Å². The fraction of sp³-hybridized carbons (Fsp3) is 1.00. The van der Waals surface area contributed by atoms with Crippen molar-refractivity contribution in [2.75, 3.05) is 24.6 Å². The molecule has 0 bridgehead atoms. The molecule has 0 aromatic heterocycles. The normalized spacial score (nSPS) is 36.4. The first-order valence-corrected chi connectivity index (χ1v) is 8.24. The molecule has 0 aromatic carbocycles. The van der Waals surface area contributed by atoms with Crippen molar-refractivity contribution < 1.29 is 0 Å². The maximum atomic E-state index is 3.77. The van der Waals surface area contributed by atoms with Crippen molar-refractivity contribution in [2.45, 2.75) is 58.7 Å². The van der Waals surface area contributed by atoms with Crippen molar-refractivity contribution in [2.24, 2.45) is 5.41 Å². The standard InChI is InChI=1S/C14H28N2S/c1-5-11-8-15-13(14(2,3)4)9-16(11)12-6-7-17-10-12/h11-13,15H,5-10H2,1-4H3. The van der Waals surface area contributed by atoms with Gasteiger partial charge in [-0.05, 0) is 24.0 Å². The number of hydrogen-bond donors (Lipinski definition) is 1. The molecule has 1 N–H and O–H groups in total. The van der Waals surface area contributed by atoms with Gasteiger partial charge in [-0.3, -0.25) is 4.90 Å². The molecule has 2 nitrogen and oxygen atoms in total. The van der Waals surface area contributed by atoms with Crippen LogP contribution in [0.15, 0.2) is 0 Å². The van der Waals surface area contributed by atoms with Crippen LogP contribution < -0.4 is 5.32 Å². The van der Waals surface area contributed by atoms with Gasteiger partial charge in [0, 0.05) is 37.0 Å². The van der Waals surface area contributed by atoms with E-state index in [0.717, 1.165) is 12.1 Å². The van der Waals surface area contributed by atoms with Crippen molar-refractivity contribution in [1.82, 2.24) is 10.2 Å². The van der Waals surface area contributed by atoms with E-state index in [2.05, 4.69) is 49.7 Å². The topological polar surface area (TPSA) is 15.3 Å². The van der Waals surface area contributed by atoms with Crippen LogP contribution in [0.3, 0.4) is 0 Å². The van der Waals surface area contributed by atoms with Gasteiger partial charge in [-0.1, -0.05) is 27.7 Å². The first kappa shape index (κ1) is 13.7. The molecule has 0 spiro atoms. The second kappa shape index (κ2) is 5.50. The monoisotopic (exact) mass is 256 g/mol. The lowest BCUT2D eigenvalue weighted by atomic mass is 9.84. The van der Waals surface area contributed by atoms with E-state index in [1.807, 2.05) is 0 Å². The lowest BCUT2D eigenvalue weighted by Gasteiger charge is -2.47. The van der Waals surface area contributed by atoms with Gasteiger partial charge in [-0.15, -0.1) is 0 Å². The van der Waals surface area contributed by atoms with Gasteiger partial charge in [-0.25, -0.2) is 0 Å². The Morgan fingerprint density at radius 2 is 2.12 bits per heavy atom. The Morgan fingerprint density at radius 1 is 1.35 bits per heavy atom. The highest BCUT2D eigenvalue weighted by molar-refractivity contribution is 7.99. The Balaban J connectivity index is 2.03. The molecule has 2 heterocycles. The Bertz CT molecular complexity index is 241. The summed E-state index contributed by atoms with van der Waals surface area (Å²) in [5.41, 5.74) is 0.378. The lowest BCUT2D eigenvalue weighted by molar-refractivity contribution is 0.0559. The summed E-state index contributed by atoms with van der Waals surface area (Å²) in [7, 11) is 0. The summed E-state index contributed by atoms with van der Waals surface area (Å²) in [5.74, 6) is 2.72. The van der Waals surface area contributed by atoms with Gasteiger partial charge in [-0.2, -0.15) is 11.8 Å². The van der Waals surface area contributed by atoms with Crippen molar-refractivity contribution in [3.8, 4) is 0 Å². The molecule has 100 valence electrons. The van der Waals surface area contributed by atoms with E-state index in [4.69, 9.17) is 0 Å². The first-order valence-electron chi connectivity index (χ1n) is 7.09. The van der Waals surface area contributed by atoms with Crippen LogP contribution in [0.1, 0.15) is 40.5 Å². The van der Waals surface area contributed by atoms with Crippen LogP contribution in [0, 0.1) is 5.41 Å². The van der Waals surface area contributed by atoms with E-state index in [1.165, 1.54) is 37.4 Å². The van der Waals surface area contributed by atoms with Gasteiger partial charge < -0.3 is 5.32 Å². The second-order valence-electron chi connectivity index (χ2n) is 6.60. The van der Waals surface area contributed by atoms with Crippen molar-refractivity contribution >= 4 is 11.8 Å². The molecular formula is C14H28N2S. The summed E-state index contributed by atoms with van der Waals surface area (Å²) in [6.45, 7) is 11.8. The van der Waals surface area contributed by atoms with Crippen molar-refractivity contribution in [3.63, 3.8) is 0 Å². The Labute approximate surface area is 111 Å². The number of nitrogens with one attached hydrogen (secondary N) is 1. The van der Waals surface area contributed by atoms with E-state index < -0.39 is 0 Å². The van der Waals surface area contributed by atoms with Crippen LogP contribution in [0.25, 0.3) is 0 Å². The summed E-state index contributed by atoms with van der Waals surface area (Å²) in [6, 6.07) is 2.25. The number of thioether (sulfide) groups is 1. The summed E-state index contributed by atoms with van der Waals surface area (Å²) in [6.07, 6.45) is 2.68. The predicted molar refractivity (Wildman–Crippen MR) is 77.8 cm³/mol. The van der Waals surface area contributed by atoms with Gasteiger partial charge in [0.05, 0.1) is 0 Å². The fourth-order valence-corrected chi connectivity index (χ4v) is 4.25. The largest absolute Gasteiger partial charge is 0.311 e. The van der Waals surface area contributed by atoms with Gasteiger partial charge in [0.15, 0.2) is 0 Å². The van der Waals surface area contributed by atoms with Crippen LogP contribution in [-0.2, 0) is 0 Å². The molecule has 0 saturated carbocycles. The zero-order chi connectivity index (χ0) is 12.5. The number of hydrogen-bond acceptors (Lipinski definition) is 3. The van der Waals surface area contributed by atoms with Crippen molar-refractivity contribution in [3.05, 3.63) is 0 Å². The first-order chi connectivity index (χ1) is 8.02. The van der Waals surface area contributed by atoms with E-state index in [-0.39, 0.29) is 0 Å². The minimum Gasteiger partial charge on any atom is -0.311 e. The molecule has 2 saturated heterocycles. The molecule has 2 aliphatic heterocycles. The molecule has 2 rings (SSSR count).